The average Bonchev–Trinajstić information content (AvgIpc) is 2.67. The Morgan fingerprint density at radius 3 is 0.724 bits per heavy atom. The van der Waals surface area contributed by atoms with Gasteiger partial charge in [0.1, 0.15) is 5.41 Å². The van der Waals surface area contributed by atoms with E-state index < -0.39 is 89.5 Å². The second-order valence-corrected chi connectivity index (χ2v) is 15.6. The molecule has 0 spiro atoms. The zero-order valence-electron chi connectivity index (χ0n) is 16.3. The molecule has 0 aliphatic carbocycles. The molecule has 0 amide bonds. The van der Waals surface area contributed by atoms with Crippen LogP contribution in [0.3, 0.4) is 0 Å². The molecule has 0 aromatic rings. The maximum Gasteiger partial charge on any atom is 0.177 e. The molecule has 4 atom stereocenters. The molecule has 0 aliphatic heterocycles. The number of sulfone groups is 4. The summed E-state index contributed by atoms with van der Waals surface area (Å²) in [6.45, 7) is 3.85. The highest BCUT2D eigenvalue weighted by atomic mass is 32.2. The molecule has 0 aromatic heterocycles. The lowest BCUT2D eigenvalue weighted by Crippen LogP contribution is -2.68. The van der Waals surface area contributed by atoms with Gasteiger partial charge in [-0.2, -0.15) is 0 Å². The predicted molar refractivity (Wildman–Crippen MR) is 104 cm³/mol. The van der Waals surface area contributed by atoms with Gasteiger partial charge in [0.2, 0.25) is 0 Å². The van der Waals surface area contributed by atoms with Crippen molar-refractivity contribution in [1.29, 1.82) is 0 Å². The van der Waals surface area contributed by atoms with E-state index in [9.17, 15) is 54.1 Å². The van der Waals surface area contributed by atoms with Crippen molar-refractivity contribution in [1.82, 2.24) is 0 Å². The summed E-state index contributed by atoms with van der Waals surface area (Å²) in [6, 6.07) is 0. The topological polar surface area (TPSA) is 217 Å². The van der Waals surface area contributed by atoms with Crippen molar-refractivity contribution < 1.29 is 54.1 Å². The first-order valence-corrected chi connectivity index (χ1v) is 15.3. The fraction of sp³-hybridized carbons (Fsp3) is 1.00. The molecular formula is C13H28O12S4. The third-order valence-electron chi connectivity index (χ3n) is 4.68. The lowest BCUT2D eigenvalue weighted by molar-refractivity contribution is -0.0987. The molecule has 4 unspecified atom stereocenters. The van der Waals surface area contributed by atoms with E-state index in [2.05, 4.69) is 0 Å². The van der Waals surface area contributed by atoms with Gasteiger partial charge in [-0.1, -0.05) is 27.7 Å². The smallest absolute Gasteiger partial charge is 0.177 e. The van der Waals surface area contributed by atoms with E-state index >= 15 is 0 Å². The second kappa shape index (κ2) is 9.42. The summed E-state index contributed by atoms with van der Waals surface area (Å²) in [6.07, 6.45) is 0. The zero-order valence-corrected chi connectivity index (χ0v) is 19.6. The molecule has 16 heteroatoms. The summed E-state index contributed by atoms with van der Waals surface area (Å²) < 4.78 is 98.7. The van der Waals surface area contributed by atoms with Crippen molar-refractivity contribution in [3.63, 3.8) is 0 Å². The quantitative estimate of drug-likeness (QED) is 0.209. The van der Waals surface area contributed by atoms with Gasteiger partial charge in [-0.05, 0) is 0 Å². The van der Waals surface area contributed by atoms with E-state index in [1.165, 1.54) is 0 Å². The second-order valence-electron chi connectivity index (χ2n) is 6.22. The van der Waals surface area contributed by atoms with Gasteiger partial charge in [-0.15, -0.1) is 0 Å². The summed E-state index contributed by atoms with van der Waals surface area (Å²) in [5.74, 6) is -3.81. The molecule has 0 fully saturated rings. The van der Waals surface area contributed by atoms with Crippen LogP contribution in [0.1, 0.15) is 27.7 Å². The molecule has 0 aliphatic rings. The highest BCUT2D eigenvalue weighted by molar-refractivity contribution is 7.94. The Kier molecular flexibility index (Phi) is 9.30. The normalized spacial score (nSPS) is 20.4. The van der Waals surface area contributed by atoms with Crippen LogP contribution >= 0.6 is 0 Å². The van der Waals surface area contributed by atoms with Gasteiger partial charge < -0.3 is 20.4 Å². The van der Waals surface area contributed by atoms with Crippen LogP contribution in [0, 0.1) is 5.41 Å². The molecule has 29 heavy (non-hydrogen) atoms. The standard InChI is InChI=1S/C13H28O12S4/c1-5-26(18,19)9(14)13(10(15)27(20,21)6-2,11(16)28(22,23)7-3)12(17)29(24,25)8-4/h9-12,14-17H,5-8H2,1-4H3. The first-order valence-electron chi connectivity index (χ1n) is 8.45. The maximum absolute atomic E-state index is 12.3. The number of aliphatic hydroxyl groups is 4. The SMILES string of the molecule is CCS(=O)(=O)C(O)C(C(O)S(=O)(=O)CC)(C(O)S(=O)(=O)CC)C(O)S(=O)(=O)CC. The van der Waals surface area contributed by atoms with Gasteiger partial charge in [0.15, 0.2) is 61.1 Å². The van der Waals surface area contributed by atoms with Crippen molar-refractivity contribution in [2.75, 3.05) is 23.0 Å². The fourth-order valence-corrected chi connectivity index (χ4v) is 8.42. The molecule has 0 saturated carbocycles. The van der Waals surface area contributed by atoms with E-state index in [1.54, 1.807) is 0 Å². The minimum atomic E-state index is -4.91. The number of rotatable bonds is 12. The van der Waals surface area contributed by atoms with Crippen LogP contribution in [0.2, 0.25) is 0 Å². The van der Waals surface area contributed by atoms with Gasteiger partial charge in [0, 0.05) is 0 Å². The summed E-state index contributed by atoms with van der Waals surface area (Å²) in [4.78, 5) is 0. The maximum atomic E-state index is 12.3. The lowest BCUT2D eigenvalue weighted by Gasteiger charge is -2.45. The van der Waals surface area contributed by atoms with Crippen molar-refractivity contribution in [3.05, 3.63) is 0 Å². The Hall–Kier alpha value is -0.360. The van der Waals surface area contributed by atoms with Crippen molar-refractivity contribution >= 4 is 39.3 Å². The summed E-state index contributed by atoms with van der Waals surface area (Å²) >= 11 is 0. The Bertz CT molecular complexity index is 813. The minimum absolute atomic E-state index is 0.952. The van der Waals surface area contributed by atoms with E-state index in [1.807, 2.05) is 0 Å². The highest BCUT2D eigenvalue weighted by Gasteiger charge is 2.68. The van der Waals surface area contributed by atoms with E-state index in [0.29, 0.717) is 0 Å². The van der Waals surface area contributed by atoms with Crippen molar-refractivity contribution in [2.24, 2.45) is 5.41 Å². The van der Waals surface area contributed by atoms with Gasteiger partial charge in [0.05, 0.1) is 23.0 Å². The summed E-state index contributed by atoms with van der Waals surface area (Å²) in [5.41, 5.74) is -16.9. The van der Waals surface area contributed by atoms with E-state index in [0.717, 1.165) is 27.7 Å². The third-order valence-corrected chi connectivity index (χ3v) is 12.3. The molecule has 0 saturated heterocycles. The van der Waals surface area contributed by atoms with Crippen LogP contribution in [-0.2, 0) is 39.3 Å². The third kappa shape index (κ3) is 5.11. The predicted octanol–water partition coefficient (Wildman–Crippen LogP) is -3.01. The highest BCUT2D eigenvalue weighted by Crippen LogP contribution is 2.44. The fourth-order valence-electron chi connectivity index (χ4n) is 2.61. The van der Waals surface area contributed by atoms with Gasteiger partial charge in [-0.25, -0.2) is 33.7 Å². The molecule has 4 N–H and O–H groups in total. The van der Waals surface area contributed by atoms with Crippen LogP contribution in [0.5, 0.6) is 0 Å². The monoisotopic (exact) mass is 504 g/mol. The molecule has 0 bridgehead atoms. The van der Waals surface area contributed by atoms with Crippen LogP contribution < -0.4 is 0 Å². The number of hydrogen-bond donors (Lipinski definition) is 4. The molecule has 176 valence electrons. The number of hydrogen-bond acceptors (Lipinski definition) is 12. The van der Waals surface area contributed by atoms with Crippen molar-refractivity contribution in [3.8, 4) is 0 Å². The molecule has 0 radical (unpaired) electrons. The van der Waals surface area contributed by atoms with E-state index in [4.69, 9.17) is 0 Å². The van der Waals surface area contributed by atoms with Gasteiger partial charge >= 0.3 is 0 Å². The first kappa shape index (κ1) is 28.6. The molecule has 12 nitrogen and oxygen atoms in total. The molecular weight excluding hydrogens is 476 g/mol. The zero-order chi connectivity index (χ0) is 23.6. The first-order chi connectivity index (χ1) is 12.9. The van der Waals surface area contributed by atoms with Crippen LogP contribution in [0.25, 0.3) is 0 Å². The minimum Gasteiger partial charge on any atom is -0.376 e. The summed E-state index contributed by atoms with van der Waals surface area (Å²) in [5, 5.41) is 42.1. The molecule has 0 aromatic carbocycles. The van der Waals surface area contributed by atoms with Crippen LogP contribution in [0.4, 0.5) is 0 Å². The summed E-state index contributed by atoms with van der Waals surface area (Å²) in [7, 11) is -19.7. The van der Waals surface area contributed by atoms with Crippen LogP contribution in [-0.4, -0.2) is 98.9 Å². The Balaban J connectivity index is 7.73. The van der Waals surface area contributed by atoms with Gasteiger partial charge in [-0.3, -0.25) is 0 Å². The Morgan fingerprint density at radius 2 is 0.621 bits per heavy atom. The van der Waals surface area contributed by atoms with Gasteiger partial charge in [0.25, 0.3) is 0 Å². The molecule has 0 rings (SSSR count). The Morgan fingerprint density at radius 1 is 0.483 bits per heavy atom. The Labute approximate surface area is 171 Å². The lowest BCUT2D eigenvalue weighted by atomic mass is 9.90. The van der Waals surface area contributed by atoms with Crippen molar-refractivity contribution in [2.45, 2.75) is 49.4 Å². The largest absolute Gasteiger partial charge is 0.376 e. The number of aliphatic hydroxyl groups excluding tert-OH is 4. The van der Waals surface area contributed by atoms with Crippen LogP contribution in [0.15, 0.2) is 0 Å². The molecule has 0 heterocycles. The average molecular weight is 505 g/mol. The van der Waals surface area contributed by atoms with E-state index in [-0.39, 0.29) is 0 Å².